The van der Waals surface area contributed by atoms with E-state index in [4.69, 9.17) is 4.74 Å². The van der Waals surface area contributed by atoms with Crippen LogP contribution in [0, 0.1) is 24.0 Å². The lowest BCUT2D eigenvalue weighted by Gasteiger charge is -2.13. The minimum atomic E-state index is -0.484. The van der Waals surface area contributed by atoms with E-state index in [-0.39, 0.29) is 23.4 Å². The van der Waals surface area contributed by atoms with Gasteiger partial charge in [-0.2, -0.15) is 0 Å². The summed E-state index contributed by atoms with van der Waals surface area (Å²) in [5.74, 6) is -0.277. The first-order valence-corrected chi connectivity index (χ1v) is 6.75. The lowest BCUT2D eigenvalue weighted by atomic mass is 10.1. The van der Waals surface area contributed by atoms with Gasteiger partial charge in [-0.05, 0) is 37.5 Å². The molecule has 1 aromatic carbocycles. The number of amides is 1. The molecule has 2 atom stereocenters. The van der Waals surface area contributed by atoms with Crippen LogP contribution in [0.4, 0.5) is 11.4 Å². The first-order valence-electron chi connectivity index (χ1n) is 6.75. The maximum atomic E-state index is 12.2. The van der Waals surface area contributed by atoms with Gasteiger partial charge in [-0.25, -0.2) is 0 Å². The number of hydrogen-bond donors (Lipinski definition) is 2. The van der Waals surface area contributed by atoms with Gasteiger partial charge in [-0.15, -0.1) is 0 Å². The van der Waals surface area contributed by atoms with Gasteiger partial charge in [-0.1, -0.05) is 0 Å². The minimum Gasteiger partial charge on any atom is -0.380 e. The van der Waals surface area contributed by atoms with Crippen molar-refractivity contribution < 1.29 is 14.5 Å². The van der Waals surface area contributed by atoms with Crippen LogP contribution in [0.15, 0.2) is 12.1 Å². The number of methoxy groups -OCH3 is 1. The van der Waals surface area contributed by atoms with Gasteiger partial charge >= 0.3 is 0 Å². The molecule has 7 nitrogen and oxygen atoms in total. The van der Waals surface area contributed by atoms with Crippen LogP contribution in [-0.4, -0.2) is 36.6 Å². The monoisotopic (exact) mass is 293 g/mol. The molecule has 0 spiro atoms. The molecule has 1 aliphatic rings. The molecule has 1 amide bonds. The number of nitro groups is 1. The quantitative estimate of drug-likeness (QED) is 0.648. The second-order valence-corrected chi connectivity index (χ2v) is 5.25. The Morgan fingerprint density at radius 2 is 2.10 bits per heavy atom. The molecule has 1 saturated heterocycles. The van der Waals surface area contributed by atoms with Gasteiger partial charge in [0, 0.05) is 19.7 Å². The van der Waals surface area contributed by atoms with E-state index in [0.29, 0.717) is 13.0 Å². The van der Waals surface area contributed by atoms with Gasteiger partial charge in [-0.3, -0.25) is 14.9 Å². The van der Waals surface area contributed by atoms with Gasteiger partial charge < -0.3 is 15.4 Å². The average Bonchev–Trinajstić information content (AvgIpc) is 2.91. The fourth-order valence-electron chi connectivity index (χ4n) is 2.35. The normalized spacial score (nSPS) is 21.3. The van der Waals surface area contributed by atoms with Crippen LogP contribution in [0.3, 0.4) is 0 Å². The van der Waals surface area contributed by atoms with Crippen molar-refractivity contribution in [3.63, 3.8) is 0 Å². The Labute approximate surface area is 122 Å². The van der Waals surface area contributed by atoms with Crippen LogP contribution < -0.4 is 10.6 Å². The molecule has 1 aromatic rings. The van der Waals surface area contributed by atoms with E-state index < -0.39 is 11.0 Å². The van der Waals surface area contributed by atoms with Gasteiger partial charge in [0.2, 0.25) is 5.91 Å². The Balaban J connectivity index is 2.17. The van der Waals surface area contributed by atoms with Crippen LogP contribution in [0.1, 0.15) is 17.5 Å². The van der Waals surface area contributed by atoms with Crippen molar-refractivity contribution in [2.24, 2.45) is 0 Å². The van der Waals surface area contributed by atoms with Crippen molar-refractivity contribution in [2.45, 2.75) is 32.4 Å². The molecular formula is C14H19N3O4. The molecule has 2 rings (SSSR count). The van der Waals surface area contributed by atoms with E-state index in [9.17, 15) is 14.9 Å². The highest BCUT2D eigenvalue weighted by molar-refractivity contribution is 5.97. The van der Waals surface area contributed by atoms with Crippen LogP contribution in [0.2, 0.25) is 0 Å². The number of aryl methyl sites for hydroxylation is 2. The van der Waals surface area contributed by atoms with Crippen LogP contribution in [0.5, 0.6) is 0 Å². The lowest BCUT2D eigenvalue weighted by molar-refractivity contribution is -0.384. The van der Waals surface area contributed by atoms with E-state index in [1.807, 2.05) is 6.92 Å². The van der Waals surface area contributed by atoms with Crippen molar-refractivity contribution in [1.29, 1.82) is 0 Å². The Hall–Kier alpha value is -1.99. The molecule has 2 N–H and O–H groups in total. The summed E-state index contributed by atoms with van der Waals surface area (Å²) < 4.78 is 5.19. The summed E-state index contributed by atoms with van der Waals surface area (Å²) in [5, 5.41) is 16.8. The molecule has 1 heterocycles. The minimum absolute atomic E-state index is 0.00418. The Morgan fingerprint density at radius 1 is 1.43 bits per heavy atom. The number of hydrogen-bond acceptors (Lipinski definition) is 5. The molecule has 1 fully saturated rings. The number of nitrogens with zero attached hydrogens (tertiary/aromatic N) is 1. The molecule has 7 heteroatoms. The first kappa shape index (κ1) is 15.4. The predicted octanol–water partition coefficient (Wildman–Crippen LogP) is 1.53. The number of nitrogens with one attached hydrogen (secondary N) is 2. The van der Waals surface area contributed by atoms with Crippen LogP contribution in [0.25, 0.3) is 0 Å². The van der Waals surface area contributed by atoms with Crippen molar-refractivity contribution >= 4 is 17.3 Å². The third kappa shape index (κ3) is 3.37. The SMILES string of the molecule is COC1CNC(C(=O)Nc2cc(C)c(C)cc2[N+](=O)[O-])C1. The summed E-state index contributed by atoms with van der Waals surface area (Å²) in [6.07, 6.45) is 0.552. The second kappa shape index (κ2) is 6.19. The summed E-state index contributed by atoms with van der Waals surface area (Å²) in [5.41, 5.74) is 1.85. The zero-order chi connectivity index (χ0) is 15.6. The number of benzene rings is 1. The maximum absolute atomic E-state index is 12.2. The summed E-state index contributed by atoms with van der Waals surface area (Å²) in [4.78, 5) is 22.8. The molecule has 0 saturated carbocycles. The molecule has 114 valence electrons. The predicted molar refractivity (Wildman–Crippen MR) is 78.4 cm³/mol. The number of carbonyl (C=O) groups is 1. The highest BCUT2D eigenvalue weighted by Gasteiger charge is 2.30. The molecule has 0 aromatic heterocycles. The maximum Gasteiger partial charge on any atom is 0.293 e. The first-order chi connectivity index (χ1) is 9.92. The van der Waals surface area contributed by atoms with E-state index in [0.717, 1.165) is 11.1 Å². The fraction of sp³-hybridized carbons (Fsp3) is 0.500. The van der Waals surface area contributed by atoms with Crippen molar-refractivity contribution in [2.75, 3.05) is 19.0 Å². The average molecular weight is 293 g/mol. The number of ether oxygens (including phenoxy) is 1. The van der Waals surface area contributed by atoms with Gasteiger partial charge in [0.15, 0.2) is 0 Å². The van der Waals surface area contributed by atoms with E-state index in [1.54, 1.807) is 20.1 Å². The summed E-state index contributed by atoms with van der Waals surface area (Å²) in [7, 11) is 1.60. The summed E-state index contributed by atoms with van der Waals surface area (Å²) >= 11 is 0. The van der Waals surface area contributed by atoms with Gasteiger partial charge in [0.1, 0.15) is 5.69 Å². The molecule has 0 radical (unpaired) electrons. The largest absolute Gasteiger partial charge is 0.380 e. The molecule has 2 unspecified atom stereocenters. The Kier molecular flexibility index (Phi) is 4.54. The van der Waals surface area contributed by atoms with E-state index >= 15 is 0 Å². The topological polar surface area (TPSA) is 93.5 Å². The van der Waals surface area contributed by atoms with Crippen LogP contribution in [-0.2, 0) is 9.53 Å². The number of nitro benzene ring substituents is 1. The van der Waals surface area contributed by atoms with Crippen LogP contribution >= 0.6 is 0 Å². The Bertz CT molecular complexity index is 574. The molecule has 0 bridgehead atoms. The van der Waals surface area contributed by atoms with Crippen molar-refractivity contribution in [3.05, 3.63) is 33.4 Å². The summed E-state index contributed by atoms with van der Waals surface area (Å²) in [6, 6.07) is 2.72. The van der Waals surface area contributed by atoms with Crippen molar-refractivity contribution in [1.82, 2.24) is 5.32 Å². The molecule has 0 aliphatic carbocycles. The van der Waals surface area contributed by atoms with Gasteiger partial charge in [0.05, 0.1) is 17.1 Å². The standard InChI is InChI=1S/C14H19N3O4/c1-8-4-11(13(17(19)20)5-9(8)2)16-14(18)12-6-10(21-3)7-15-12/h4-5,10,12,15H,6-7H2,1-3H3,(H,16,18). The Morgan fingerprint density at radius 3 is 2.67 bits per heavy atom. The van der Waals surface area contributed by atoms with Gasteiger partial charge in [0.25, 0.3) is 5.69 Å². The summed E-state index contributed by atoms with van der Waals surface area (Å²) in [6.45, 7) is 4.25. The highest BCUT2D eigenvalue weighted by atomic mass is 16.6. The third-order valence-corrected chi connectivity index (χ3v) is 3.81. The van der Waals surface area contributed by atoms with E-state index in [2.05, 4.69) is 10.6 Å². The number of carbonyl (C=O) groups excluding carboxylic acids is 1. The number of rotatable bonds is 4. The smallest absolute Gasteiger partial charge is 0.293 e. The number of anilines is 1. The lowest BCUT2D eigenvalue weighted by Crippen LogP contribution is -2.35. The molecule has 1 aliphatic heterocycles. The van der Waals surface area contributed by atoms with Crippen molar-refractivity contribution in [3.8, 4) is 0 Å². The fourth-order valence-corrected chi connectivity index (χ4v) is 2.35. The molecule has 21 heavy (non-hydrogen) atoms. The third-order valence-electron chi connectivity index (χ3n) is 3.81. The second-order valence-electron chi connectivity index (χ2n) is 5.25. The van der Waals surface area contributed by atoms with E-state index in [1.165, 1.54) is 6.07 Å². The molecular weight excluding hydrogens is 274 g/mol. The highest BCUT2D eigenvalue weighted by Crippen LogP contribution is 2.28. The zero-order valence-electron chi connectivity index (χ0n) is 12.3. The zero-order valence-corrected chi connectivity index (χ0v) is 12.3.